The van der Waals surface area contributed by atoms with Crippen LogP contribution in [0, 0.1) is 0 Å². The minimum absolute atomic E-state index is 0.144. The van der Waals surface area contributed by atoms with E-state index in [1.807, 2.05) is 7.05 Å². The maximum atomic E-state index is 13.0. The van der Waals surface area contributed by atoms with Crippen LogP contribution in [-0.4, -0.2) is 31.1 Å². The summed E-state index contributed by atoms with van der Waals surface area (Å²) >= 11 is 3.22. The fourth-order valence-corrected chi connectivity index (χ4v) is 2.90. The Bertz CT molecular complexity index is 462. The molecule has 2 rings (SSSR count). The lowest BCUT2D eigenvalue weighted by atomic mass is 10.0. The molecule has 20 heavy (non-hydrogen) atoms. The lowest BCUT2D eigenvalue weighted by Gasteiger charge is -2.33. The molecule has 0 aliphatic carbocycles. The van der Waals surface area contributed by atoms with Gasteiger partial charge in [-0.1, -0.05) is 22.4 Å². The number of rotatable bonds is 3. The number of hydrogen-bond acceptors (Lipinski definition) is 2. The highest BCUT2D eigenvalue weighted by Gasteiger charge is 2.33. The summed E-state index contributed by atoms with van der Waals surface area (Å²) in [5, 5.41) is 2.97. The van der Waals surface area contributed by atoms with Crippen molar-refractivity contribution in [3.05, 3.63) is 28.2 Å². The number of hydrogen-bond donors (Lipinski definition) is 1. The molecule has 1 aliphatic heterocycles. The highest BCUT2D eigenvalue weighted by atomic mass is 79.9. The molecule has 6 heteroatoms. The van der Waals surface area contributed by atoms with Crippen LogP contribution in [0.25, 0.3) is 0 Å². The van der Waals surface area contributed by atoms with E-state index in [1.54, 1.807) is 0 Å². The predicted molar refractivity (Wildman–Crippen MR) is 77.9 cm³/mol. The van der Waals surface area contributed by atoms with Gasteiger partial charge in [0.15, 0.2) is 0 Å². The third-order valence-electron chi connectivity index (χ3n) is 3.74. The van der Waals surface area contributed by atoms with Crippen molar-refractivity contribution in [1.82, 2.24) is 4.90 Å². The number of likely N-dealkylation sites (N-methyl/N-ethyl adjacent to an activating group) is 1. The second kappa shape index (κ2) is 6.35. The molecular formula is C14H18BrF3N2. The minimum atomic E-state index is -4.33. The third-order valence-corrected chi connectivity index (χ3v) is 4.23. The van der Waals surface area contributed by atoms with Gasteiger partial charge in [0, 0.05) is 22.7 Å². The van der Waals surface area contributed by atoms with E-state index in [0.29, 0.717) is 17.1 Å². The van der Waals surface area contributed by atoms with Crippen LogP contribution < -0.4 is 5.32 Å². The topological polar surface area (TPSA) is 15.3 Å². The third kappa shape index (κ3) is 3.88. The molecule has 0 radical (unpaired) electrons. The maximum Gasteiger partial charge on any atom is 0.418 e. The average Bonchev–Trinajstić information content (AvgIpc) is 2.36. The molecule has 1 unspecified atom stereocenters. The first kappa shape index (κ1) is 15.6. The Morgan fingerprint density at radius 2 is 2.10 bits per heavy atom. The SMILES string of the molecule is CN1CCCCC1CNc1cc(Br)ccc1C(F)(F)F. The predicted octanol–water partition coefficient (Wildman–Crippen LogP) is 4.36. The fraction of sp³-hybridized carbons (Fsp3) is 0.571. The van der Waals surface area contributed by atoms with E-state index in [4.69, 9.17) is 0 Å². The zero-order chi connectivity index (χ0) is 14.8. The molecule has 1 aromatic carbocycles. The zero-order valence-electron chi connectivity index (χ0n) is 11.3. The Labute approximate surface area is 125 Å². The van der Waals surface area contributed by atoms with Gasteiger partial charge in [0.25, 0.3) is 0 Å². The van der Waals surface area contributed by atoms with E-state index >= 15 is 0 Å². The molecule has 0 amide bonds. The van der Waals surface area contributed by atoms with Gasteiger partial charge in [-0.3, -0.25) is 0 Å². The number of anilines is 1. The molecule has 0 spiro atoms. The number of benzene rings is 1. The van der Waals surface area contributed by atoms with Crippen molar-refractivity contribution < 1.29 is 13.2 Å². The van der Waals surface area contributed by atoms with Gasteiger partial charge in [-0.25, -0.2) is 0 Å². The van der Waals surface area contributed by atoms with E-state index in [2.05, 4.69) is 26.1 Å². The monoisotopic (exact) mass is 350 g/mol. The summed E-state index contributed by atoms with van der Waals surface area (Å²) in [5.41, 5.74) is -0.468. The molecule has 1 fully saturated rings. The Hall–Kier alpha value is -0.750. The largest absolute Gasteiger partial charge is 0.418 e. The Morgan fingerprint density at radius 1 is 1.35 bits per heavy atom. The molecule has 0 aromatic heterocycles. The summed E-state index contributed by atoms with van der Waals surface area (Å²) in [5.74, 6) is 0. The van der Waals surface area contributed by atoms with Crippen LogP contribution >= 0.6 is 15.9 Å². The standard InChI is InChI=1S/C14H18BrF3N2/c1-20-7-3-2-4-11(20)9-19-13-8-10(15)5-6-12(13)14(16,17)18/h5-6,8,11,19H,2-4,7,9H2,1H3. The number of likely N-dealkylation sites (tertiary alicyclic amines) is 1. The highest BCUT2D eigenvalue weighted by Crippen LogP contribution is 2.36. The van der Waals surface area contributed by atoms with Crippen molar-refractivity contribution in [1.29, 1.82) is 0 Å². The van der Waals surface area contributed by atoms with Crippen molar-refractivity contribution in [2.75, 3.05) is 25.5 Å². The lowest BCUT2D eigenvalue weighted by Crippen LogP contribution is -2.40. The molecule has 0 bridgehead atoms. The Kier molecular flexibility index (Phi) is 4.96. The number of piperidine rings is 1. The van der Waals surface area contributed by atoms with Crippen LogP contribution in [-0.2, 0) is 6.18 Å². The van der Waals surface area contributed by atoms with Gasteiger partial charge in [-0.05, 0) is 44.6 Å². The van der Waals surface area contributed by atoms with Gasteiger partial charge in [-0.15, -0.1) is 0 Å². The van der Waals surface area contributed by atoms with Crippen molar-refractivity contribution in [2.24, 2.45) is 0 Å². The van der Waals surface area contributed by atoms with E-state index < -0.39 is 11.7 Å². The molecule has 1 saturated heterocycles. The van der Waals surface area contributed by atoms with Gasteiger partial charge in [0.05, 0.1) is 5.56 Å². The lowest BCUT2D eigenvalue weighted by molar-refractivity contribution is -0.137. The molecule has 0 saturated carbocycles. The van der Waals surface area contributed by atoms with E-state index in [0.717, 1.165) is 31.9 Å². The van der Waals surface area contributed by atoms with E-state index in [-0.39, 0.29) is 5.69 Å². The molecule has 1 aromatic rings. The number of nitrogens with zero attached hydrogens (tertiary/aromatic N) is 1. The first-order valence-electron chi connectivity index (χ1n) is 6.69. The summed E-state index contributed by atoms with van der Waals surface area (Å²) < 4.78 is 39.5. The quantitative estimate of drug-likeness (QED) is 0.870. The Morgan fingerprint density at radius 3 is 2.75 bits per heavy atom. The summed E-state index contributed by atoms with van der Waals surface area (Å²) in [6.45, 7) is 1.55. The van der Waals surface area contributed by atoms with Crippen LogP contribution in [0.1, 0.15) is 24.8 Å². The molecule has 1 N–H and O–H groups in total. The highest BCUT2D eigenvalue weighted by molar-refractivity contribution is 9.10. The average molecular weight is 351 g/mol. The molecule has 1 heterocycles. The summed E-state index contributed by atoms with van der Waals surface area (Å²) in [7, 11) is 2.02. The van der Waals surface area contributed by atoms with Gasteiger partial charge < -0.3 is 10.2 Å². The van der Waals surface area contributed by atoms with E-state index in [9.17, 15) is 13.2 Å². The fourth-order valence-electron chi connectivity index (χ4n) is 2.54. The number of alkyl halides is 3. The van der Waals surface area contributed by atoms with Crippen molar-refractivity contribution in [3.8, 4) is 0 Å². The van der Waals surface area contributed by atoms with E-state index in [1.165, 1.54) is 12.1 Å². The summed E-state index contributed by atoms with van der Waals surface area (Å²) in [6, 6.07) is 4.31. The van der Waals surface area contributed by atoms with Crippen molar-refractivity contribution >= 4 is 21.6 Å². The van der Waals surface area contributed by atoms with Crippen LogP contribution in [0.5, 0.6) is 0 Å². The van der Waals surface area contributed by atoms with Crippen LogP contribution in [0.3, 0.4) is 0 Å². The normalized spacial score (nSPS) is 20.9. The summed E-state index contributed by atoms with van der Waals surface area (Å²) in [4.78, 5) is 2.21. The first-order valence-corrected chi connectivity index (χ1v) is 7.48. The number of nitrogens with one attached hydrogen (secondary N) is 1. The molecule has 112 valence electrons. The van der Waals surface area contributed by atoms with Crippen LogP contribution in [0.2, 0.25) is 0 Å². The van der Waals surface area contributed by atoms with Crippen molar-refractivity contribution in [3.63, 3.8) is 0 Å². The minimum Gasteiger partial charge on any atom is -0.383 e. The molecule has 1 atom stereocenters. The van der Waals surface area contributed by atoms with Gasteiger partial charge >= 0.3 is 6.18 Å². The van der Waals surface area contributed by atoms with Gasteiger partial charge in [-0.2, -0.15) is 13.2 Å². The summed E-state index contributed by atoms with van der Waals surface area (Å²) in [6.07, 6.45) is -1.00. The Balaban J connectivity index is 2.10. The van der Waals surface area contributed by atoms with Gasteiger partial charge in [0.2, 0.25) is 0 Å². The van der Waals surface area contributed by atoms with Crippen LogP contribution in [0.15, 0.2) is 22.7 Å². The molecular weight excluding hydrogens is 333 g/mol. The smallest absolute Gasteiger partial charge is 0.383 e. The second-order valence-electron chi connectivity index (χ2n) is 5.20. The number of halogens is 4. The molecule has 1 aliphatic rings. The zero-order valence-corrected chi connectivity index (χ0v) is 12.9. The van der Waals surface area contributed by atoms with Gasteiger partial charge in [0.1, 0.15) is 0 Å². The van der Waals surface area contributed by atoms with Crippen LogP contribution in [0.4, 0.5) is 18.9 Å². The first-order chi connectivity index (χ1) is 9.38. The maximum absolute atomic E-state index is 13.0. The molecule has 2 nitrogen and oxygen atoms in total. The van der Waals surface area contributed by atoms with Crippen molar-refractivity contribution in [2.45, 2.75) is 31.5 Å². The second-order valence-corrected chi connectivity index (χ2v) is 6.11.